The van der Waals surface area contributed by atoms with Crippen LogP contribution in [0.1, 0.15) is 36.9 Å². The van der Waals surface area contributed by atoms with Crippen LogP contribution >= 0.6 is 0 Å². The molecule has 0 aliphatic heterocycles. The Morgan fingerprint density at radius 2 is 1.88 bits per heavy atom. The van der Waals surface area contributed by atoms with Crippen LogP contribution in [0.15, 0.2) is 72.9 Å². The first-order valence-electron chi connectivity index (χ1n) is 11.0. The van der Waals surface area contributed by atoms with E-state index in [0.29, 0.717) is 24.1 Å². The number of ether oxygens (including phenoxy) is 2. The zero-order valence-electron chi connectivity index (χ0n) is 18.5. The van der Waals surface area contributed by atoms with Gasteiger partial charge in [-0.15, -0.1) is 0 Å². The number of hydrogen-bond acceptors (Lipinski definition) is 4. The summed E-state index contributed by atoms with van der Waals surface area (Å²) >= 11 is 0. The van der Waals surface area contributed by atoms with E-state index in [1.807, 2.05) is 47.4 Å². The largest absolute Gasteiger partial charge is 0.497 e. The first kappa shape index (κ1) is 21.7. The molecule has 1 N–H and O–H groups in total. The van der Waals surface area contributed by atoms with Gasteiger partial charge >= 0.3 is 6.03 Å². The predicted molar refractivity (Wildman–Crippen MR) is 124 cm³/mol. The zero-order valence-corrected chi connectivity index (χ0v) is 18.5. The highest BCUT2D eigenvalue weighted by Crippen LogP contribution is 2.33. The van der Waals surface area contributed by atoms with Crippen LogP contribution in [-0.4, -0.2) is 29.6 Å². The maximum atomic E-state index is 13.0. The van der Waals surface area contributed by atoms with Gasteiger partial charge in [0.2, 0.25) is 5.88 Å². The number of carbonyl (C=O) groups is 1. The first-order chi connectivity index (χ1) is 15.6. The zero-order chi connectivity index (χ0) is 22.3. The number of carbonyl (C=O) groups excluding carboxylic acids is 1. The van der Waals surface area contributed by atoms with E-state index in [2.05, 4.69) is 29.4 Å². The summed E-state index contributed by atoms with van der Waals surface area (Å²) in [6.45, 7) is 3.28. The molecular weight excluding hydrogens is 402 g/mol. The second-order valence-corrected chi connectivity index (χ2v) is 8.13. The van der Waals surface area contributed by atoms with Gasteiger partial charge in [0.05, 0.1) is 13.2 Å². The molecule has 2 aromatic carbocycles. The third kappa shape index (κ3) is 5.78. The summed E-state index contributed by atoms with van der Waals surface area (Å²) in [5.74, 6) is 2.48. The molecule has 6 nitrogen and oxygen atoms in total. The Morgan fingerprint density at radius 1 is 1.09 bits per heavy atom. The van der Waals surface area contributed by atoms with Crippen LogP contribution in [0, 0.1) is 5.92 Å². The lowest BCUT2D eigenvalue weighted by Crippen LogP contribution is -2.42. The van der Waals surface area contributed by atoms with E-state index < -0.39 is 0 Å². The fourth-order valence-electron chi connectivity index (χ4n) is 3.55. The summed E-state index contributed by atoms with van der Waals surface area (Å²) in [4.78, 5) is 19.3. The SMILES string of the molecule is COc1cccc(Oc2ccc(CNC(=O)N(CC3CC3)C(C)c3ccccc3)cn2)c1. The lowest BCUT2D eigenvalue weighted by atomic mass is 10.1. The molecule has 1 fully saturated rings. The van der Waals surface area contributed by atoms with Gasteiger partial charge in [-0.3, -0.25) is 0 Å². The fraction of sp³-hybridized carbons (Fsp3) is 0.308. The van der Waals surface area contributed by atoms with Crippen LogP contribution in [0.25, 0.3) is 0 Å². The molecule has 1 aliphatic rings. The number of benzene rings is 2. The number of nitrogens with zero attached hydrogens (tertiary/aromatic N) is 2. The molecule has 1 aromatic heterocycles. The number of nitrogens with one attached hydrogen (secondary N) is 1. The van der Waals surface area contributed by atoms with Crippen molar-refractivity contribution >= 4 is 6.03 Å². The Hall–Kier alpha value is -3.54. The lowest BCUT2D eigenvalue weighted by molar-refractivity contribution is 0.175. The quantitative estimate of drug-likeness (QED) is 0.481. The molecule has 3 aromatic rings. The molecule has 4 rings (SSSR count). The fourth-order valence-corrected chi connectivity index (χ4v) is 3.55. The highest BCUT2D eigenvalue weighted by molar-refractivity contribution is 5.74. The van der Waals surface area contributed by atoms with Crippen molar-refractivity contribution in [2.75, 3.05) is 13.7 Å². The number of amides is 2. The summed E-state index contributed by atoms with van der Waals surface area (Å²) in [6, 6.07) is 21.2. The molecule has 0 radical (unpaired) electrons. The van der Waals surface area contributed by atoms with Crippen molar-refractivity contribution < 1.29 is 14.3 Å². The van der Waals surface area contributed by atoms with Gasteiger partial charge in [-0.05, 0) is 48.9 Å². The van der Waals surface area contributed by atoms with Gasteiger partial charge in [0.15, 0.2) is 0 Å². The van der Waals surface area contributed by atoms with Crippen molar-refractivity contribution in [1.82, 2.24) is 15.2 Å². The van der Waals surface area contributed by atoms with Crippen molar-refractivity contribution in [3.8, 4) is 17.4 Å². The van der Waals surface area contributed by atoms with E-state index in [-0.39, 0.29) is 12.1 Å². The average Bonchev–Trinajstić information content (AvgIpc) is 3.66. The molecule has 1 heterocycles. The van der Waals surface area contributed by atoms with Gasteiger partial charge in [-0.1, -0.05) is 42.5 Å². The first-order valence-corrected chi connectivity index (χ1v) is 11.0. The molecular formula is C26H29N3O3. The number of rotatable bonds is 9. The topological polar surface area (TPSA) is 63.7 Å². The molecule has 32 heavy (non-hydrogen) atoms. The predicted octanol–water partition coefficient (Wildman–Crippen LogP) is 5.57. The molecule has 1 atom stereocenters. The molecule has 2 amide bonds. The molecule has 0 saturated heterocycles. The van der Waals surface area contributed by atoms with Gasteiger partial charge in [-0.2, -0.15) is 0 Å². The molecule has 1 saturated carbocycles. The average molecular weight is 432 g/mol. The van der Waals surface area contributed by atoms with Crippen LogP contribution in [0.5, 0.6) is 17.4 Å². The van der Waals surface area contributed by atoms with Crippen LogP contribution < -0.4 is 14.8 Å². The molecule has 1 aliphatic carbocycles. The third-order valence-corrected chi connectivity index (χ3v) is 5.67. The molecule has 0 spiro atoms. The summed E-state index contributed by atoms with van der Waals surface area (Å²) in [5, 5.41) is 3.06. The highest BCUT2D eigenvalue weighted by Gasteiger charge is 2.30. The van der Waals surface area contributed by atoms with Crippen molar-refractivity contribution in [3.05, 3.63) is 84.1 Å². The summed E-state index contributed by atoms with van der Waals surface area (Å²) in [7, 11) is 1.62. The highest BCUT2D eigenvalue weighted by atomic mass is 16.5. The van der Waals surface area contributed by atoms with Crippen molar-refractivity contribution in [3.63, 3.8) is 0 Å². The van der Waals surface area contributed by atoms with Gasteiger partial charge in [0, 0.05) is 31.4 Å². The standard InChI is InChI=1S/C26H29N3O3/c1-19(22-7-4-3-5-8-22)29(18-20-11-12-20)26(30)28-17-21-13-14-25(27-16-21)32-24-10-6-9-23(15-24)31-2/h3-10,13-16,19-20H,11-12,17-18H2,1-2H3,(H,28,30). The number of pyridine rings is 1. The van der Waals surface area contributed by atoms with E-state index in [4.69, 9.17) is 9.47 Å². The Bertz CT molecular complexity index is 1020. The minimum Gasteiger partial charge on any atom is -0.497 e. The maximum absolute atomic E-state index is 13.0. The smallest absolute Gasteiger partial charge is 0.318 e. The van der Waals surface area contributed by atoms with E-state index in [9.17, 15) is 4.79 Å². The van der Waals surface area contributed by atoms with Crippen molar-refractivity contribution in [2.45, 2.75) is 32.4 Å². The van der Waals surface area contributed by atoms with E-state index in [1.165, 1.54) is 12.8 Å². The van der Waals surface area contributed by atoms with Crippen LogP contribution in [0.2, 0.25) is 0 Å². The lowest BCUT2D eigenvalue weighted by Gasteiger charge is -2.30. The van der Waals surface area contributed by atoms with Crippen LogP contribution in [-0.2, 0) is 6.54 Å². The van der Waals surface area contributed by atoms with Crippen molar-refractivity contribution in [1.29, 1.82) is 0 Å². The van der Waals surface area contributed by atoms with Gasteiger partial charge in [0.1, 0.15) is 11.5 Å². The molecule has 0 bridgehead atoms. The van der Waals surface area contributed by atoms with Gasteiger partial charge in [0.25, 0.3) is 0 Å². The Kier molecular flexibility index (Phi) is 6.90. The summed E-state index contributed by atoms with van der Waals surface area (Å²) in [6.07, 6.45) is 4.12. The van der Waals surface area contributed by atoms with E-state index in [1.54, 1.807) is 25.4 Å². The molecule has 166 valence electrons. The number of urea groups is 1. The number of hydrogen-bond donors (Lipinski definition) is 1. The Balaban J connectivity index is 1.35. The van der Waals surface area contributed by atoms with Gasteiger partial charge in [-0.25, -0.2) is 9.78 Å². The van der Waals surface area contributed by atoms with Crippen LogP contribution in [0.3, 0.4) is 0 Å². The number of aromatic nitrogens is 1. The van der Waals surface area contributed by atoms with Gasteiger partial charge < -0.3 is 19.7 Å². The number of methoxy groups -OCH3 is 1. The van der Waals surface area contributed by atoms with E-state index >= 15 is 0 Å². The Labute approximate surface area is 189 Å². The second-order valence-electron chi connectivity index (χ2n) is 8.13. The van der Waals surface area contributed by atoms with Crippen LogP contribution in [0.4, 0.5) is 4.79 Å². The summed E-state index contributed by atoms with van der Waals surface area (Å²) < 4.78 is 11.0. The third-order valence-electron chi connectivity index (χ3n) is 5.67. The minimum absolute atomic E-state index is 0.0218. The summed E-state index contributed by atoms with van der Waals surface area (Å²) in [5.41, 5.74) is 2.05. The molecule has 1 unspecified atom stereocenters. The molecule has 6 heteroatoms. The normalized spacial score (nSPS) is 13.8. The minimum atomic E-state index is -0.0510. The maximum Gasteiger partial charge on any atom is 0.318 e. The van der Waals surface area contributed by atoms with Crippen molar-refractivity contribution in [2.24, 2.45) is 5.92 Å². The Morgan fingerprint density at radius 3 is 2.56 bits per heavy atom. The monoisotopic (exact) mass is 431 g/mol. The van der Waals surface area contributed by atoms with E-state index in [0.717, 1.165) is 23.4 Å². The second kappa shape index (κ2) is 10.2.